The lowest BCUT2D eigenvalue weighted by molar-refractivity contribution is 1.53. The van der Waals surface area contributed by atoms with Crippen LogP contribution < -0.4 is 0 Å². The molecule has 38 heavy (non-hydrogen) atoms. The lowest BCUT2D eigenvalue weighted by Crippen LogP contribution is -1.90. The van der Waals surface area contributed by atoms with E-state index in [9.17, 15) is 0 Å². The van der Waals surface area contributed by atoms with Crippen molar-refractivity contribution < 1.29 is 0 Å². The summed E-state index contributed by atoms with van der Waals surface area (Å²) >= 11 is 0. The summed E-state index contributed by atoms with van der Waals surface area (Å²) < 4.78 is 0. The van der Waals surface area contributed by atoms with Gasteiger partial charge in [0.2, 0.25) is 0 Å². The molecule has 0 atom stereocenters. The Kier molecular flexibility index (Phi) is 6.78. The van der Waals surface area contributed by atoms with Gasteiger partial charge in [-0.25, -0.2) is 0 Å². The Morgan fingerprint density at radius 1 is 0.289 bits per heavy atom. The summed E-state index contributed by atoms with van der Waals surface area (Å²) in [6.07, 6.45) is 2.30. The van der Waals surface area contributed by atoms with Crippen LogP contribution in [0.2, 0.25) is 0 Å². The molecule has 0 heteroatoms. The molecule has 0 aliphatic carbocycles. The minimum Gasteiger partial charge on any atom is -0.0622 e. The van der Waals surface area contributed by atoms with Crippen LogP contribution in [-0.4, -0.2) is 0 Å². The van der Waals surface area contributed by atoms with E-state index in [1.165, 1.54) is 55.6 Å². The predicted octanol–water partition coefficient (Wildman–Crippen LogP) is 10.3. The van der Waals surface area contributed by atoms with Crippen LogP contribution in [0.15, 0.2) is 164 Å². The Balaban J connectivity index is 1.38. The average molecular weight is 485 g/mol. The smallest absolute Gasteiger partial charge is 0.0105 e. The standard InChI is InChI=1S/C38H28/c1-4-10-30(11-5-1)33-18-16-29(17-19-33)28-38(36-24-20-34(21-25-36)31-12-6-2-7-13-31)37-26-22-35(23-27-37)32-14-8-3-9-15-32/h1-28H. The molecule has 0 nitrogen and oxygen atoms in total. The van der Waals surface area contributed by atoms with E-state index in [-0.39, 0.29) is 0 Å². The van der Waals surface area contributed by atoms with Gasteiger partial charge >= 0.3 is 0 Å². The van der Waals surface area contributed by atoms with Crippen LogP contribution in [-0.2, 0) is 0 Å². The fourth-order valence-electron chi connectivity index (χ4n) is 4.85. The Morgan fingerprint density at radius 3 is 0.921 bits per heavy atom. The van der Waals surface area contributed by atoms with Crippen molar-refractivity contribution in [2.24, 2.45) is 0 Å². The van der Waals surface area contributed by atoms with Crippen molar-refractivity contribution in [1.82, 2.24) is 0 Å². The molecule has 0 amide bonds. The minimum atomic E-state index is 1.18. The third-order valence-electron chi connectivity index (χ3n) is 6.93. The SMILES string of the molecule is C(=C(c1ccc(-c2ccccc2)cc1)c1ccc(-c2ccccc2)cc1)c1ccc(-c2ccccc2)cc1. The van der Waals surface area contributed by atoms with E-state index in [1.807, 2.05) is 0 Å². The Hall–Kier alpha value is -4.94. The van der Waals surface area contributed by atoms with E-state index in [0.29, 0.717) is 0 Å². The Bertz CT molecular complexity index is 1540. The van der Waals surface area contributed by atoms with Crippen LogP contribution in [0.3, 0.4) is 0 Å². The largest absolute Gasteiger partial charge is 0.0622 e. The number of hydrogen-bond donors (Lipinski definition) is 0. The summed E-state index contributed by atoms with van der Waals surface area (Å²) in [7, 11) is 0. The normalized spacial score (nSPS) is 10.6. The van der Waals surface area contributed by atoms with Gasteiger partial charge in [0.1, 0.15) is 0 Å². The Labute approximate surface area is 225 Å². The van der Waals surface area contributed by atoms with Crippen molar-refractivity contribution in [3.05, 3.63) is 180 Å². The summed E-state index contributed by atoms with van der Waals surface area (Å²) in [6, 6.07) is 58.2. The molecule has 0 bridgehead atoms. The maximum absolute atomic E-state index is 2.30. The van der Waals surface area contributed by atoms with Gasteiger partial charge in [-0.15, -0.1) is 0 Å². The highest BCUT2D eigenvalue weighted by Crippen LogP contribution is 2.31. The summed E-state index contributed by atoms with van der Waals surface area (Å²) in [5.41, 5.74) is 12.1. The first-order valence-corrected chi connectivity index (χ1v) is 13.0. The zero-order chi connectivity index (χ0) is 25.6. The third kappa shape index (κ3) is 5.26. The van der Waals surface area contributed by atoms with E-state index in [0.717, 1.165) is 0 Å². The molecule has 0 saturated heterocycles. The fourth-order valence-corrected chi connectivity index (χ4v) is 4.85. The number of hydrogen-bond acceptors (Lipinski definition) is 0. The zero-order valence-electron chi connectivity index (χ0n) is 21.2. The van der Waals surface area contributed by atoms with Crippen LogP contribution in [0.25, 0.3) is 45.0 Å². The quantitative estimate of drug-likeness (QED) is 0.206. The molecule has 0 N–H and O–H groups in total. The van der Waals surface area contributed by atoms with Crippen molar-refractivity contribution in [2.75, 3.05) is 0 Å². The molecule has 0 heterocycles. The fraction of sp³-hybridized carbons (Fsp3) is 0. The van der Waals surface area contributed by atoms with Gasteiger partial charge in [0.05, 0.1) is 0 Å². The molecule has 0 saturated carbocycles. The lowest BCUT2D eigenvalue weighted by Gasteiger charge is -2.12. The lowest BCUT2D eigenvalue weighted by atomic mass is 9.92. The van der Waals surface area contributed by atoms with E-state index < -0.39 is 0 Å². The highest BCUT2D eigenvalue weighted by Gasteiger charge is 2.08. The third-order valence-corrected chi connectivity index (χ3v) is 6.93. The second-order valence-electron chi connectivity index (χ2n) is 9.43. The van der Waals surface area contributed by atoms with Crippen molar-refractivity contribution in [1.29, 1.82) is 0 Å². The monoisotopic (exact) mass is 484 g/mol. The van der Waals surface area contributed by atoms with Gasteiger partial charge in [-0.3, -0.25) is 0 Å². The van der Waals surface area contributed by atoms with Gasteiger partial charge in [0.25, 0.3) is 0 Å². The van der Waals surface area contributed by atoms with Crippen LogP contribution in [0.1, 0.15) is 16.7 Å². The van der Waals surface area contributed by atoms with E-state index >= 15 is 0 Å². The van der Waals surface area contributed by atoms with Crippen LogP contribution in [0, 0.1) is 0 Å². The van der Waals surface area contributed by atoms with E-state index in [2.05, 4.69) is 170 Å². The summed E-state index contributed by atoms with van der Waals surface area (Å²) in [5.74, 6) is 0. The molecule has 0 spiro atoms. The summed E-state index contributed by atoms with van der Waals surface area (Å²) in [4.78, 5) is 0. The summed E-state index contributed by atoms with van der Waals surface area (Å²) in [5, 5.41) is 0. The average Bonchev–Trinajstić information content (AvgIpc) is 3.02. The second kappa shape index (κ2) is 11.0. The first kappa shape index (κ1) is 23.5. The van der Waals surface area contributed by atoms with Gasteiger partial charge in [0.15, 0.2) is 0 Å². The second-order valence-corrected chi connectivity index (χ2v) is 9.43. The first-order valence-electron chi connectivity index (χ1n) is 13.0. The number of rotatable bonds is 6. The molecule has 6 rings (SSSR count). The molecule has 6 aromatic rings. The molecule has 0 radical (unpaired) electrons. The first-order chi connectivity index (χ1) is 18.8. The van der Waals surface area contributed by atoms with Gasteiger partial charge in [-0.05, 0) is 61.7 Å². The summed E-state index contributed by atoms with van der Waals surface area (Å²) in [6.45, 7) is 0. The van der Waals surface area contributed by atoms with Crippen molar-refractivity contribution in [3.63, 3.8) is 0 Å². The predicted molar refractivity (Wildman–Crippen MR) is 163 cm³/mol. The maximum Gasteiger partial charge on any atom is -0.0105 e. The van der Waals surface area contributed by atoms with Gasteiger partial charge in [-0.1, -0.05) is 164 Å². The molecule has 0 fully saturated rings. The zero-order valence-corrected chi connectivity index (χ0v) is 21.2. The number of benzene rings is 6. The highest BCUT2D eigenvalue weighted by molar-refractivity contribution is 5.92. The van der Waals surface area contributed by atoms with Crippen LogP contribution in [0.5, 0.6) is 0 Å². The van der Waals surface area contributed by atoms with Gasteiger partial charge in [0, 0.05) is 0 Å². The molecule has 6 aromatic carbocycles. The molecule has 0 unspecified atom stereocenters. The van der Waals surface area contributed by atoms with Crippen LogP contribution in [0.4, 0.5) is 0 Å². The Morgan fingerprint density at radius 2 is 0.579 bits per heavy atom. The molecule has 0 aliphatic rings. The molecule has 180 valence electrons. The maximum atomic E-state index is 2.30. The van der Waals surface area contributed by atoms with Crippen molar-refractivity contribution in [2.45, 2.75) is 0 Å². The van der Waals surface area contributed by atoms with Crippen molar-refractivity contribution >= 4 is 11.6 Å². The topological polar surface area (TPSA) is 0 Å². The minimum absolute atomic E-state index is 1.18. The van der Waals surface area contributed by atoms with Gasteiger partial charge < -0.3 is 0 Å². The molecular weight excluding hydrogens is 456 g/mol. The van der Waals surface area contributed by atoms with Gasteiger partial charge in [-0.2, -0.15) is 0 Å². The molecular formula is C38H28. The van der Waals surface area contributed by atoms with E-state index in [4.69, 9.17) is 0 Å². The van der Waals surface area contributed by atoms with Crippen LogP contribution >= 0.6 is 0 Å². The van der Waals surface area contributed by atoms with Crippen molar-refractivity contribution in [3.8, 4) is 33.4 Å². The molecule has 0 aromatic heterocycles. The highest BCUT2D eigenvalue weighted by atomic mass is 14.1. The van der Waals surface area contributed by atoms with E-state index in [1.54, 1.807) is 0 Å². The molecule has 0 aliphatic heterocycles.